The minimum absolute atomic E-state index is 0.124. The van der Waals surface area contributed by atoms with Crippen molar-refractivity contribution >= 4 is 33.5 Å². The van der Waals surface area contributed by atoms with Crippen LogP contribution in [0.15, 0.2) is 58.5 Å². The number of non-ortho nitro benzene ring substituents is 2. The summed E-state index contributed by atoms with van der Waals surface area (Å²) in [6.45, 7) is -0.225. The number of nitrogens with one attached hydrogen (secondary N) is 2. The molecule has 2 aromatic carbocycles. The maximum Gasteiger partial charge on any atom is 0.270 e. The summed E-state index contributed by atoms with van der Waals surface area (Å²) < 4.78 is 26.4. The van der Waals surface area contributed by atoms with E-state index in [9.17, 15) is 33.4 Å². The molecule has 0 heterocycles. The molecular formula is C16H15N5O7S. The highest BCUT2D eigenvalue weighted by atomic mass is 32.2. The second-order valence-corrected chi connectivity index (χ2v) is 7.31. The standard InChI is InChI=1S/C16H15N5O7S/c22-16(19-17-11-12-2-1-3-14(10-12)21(25)26)8-9-18-29(27,28)15-6-4-13(5-7-15)20(23)24/h1-7,10-11,18H,8-9H2,(H,19,22). The molecule has 2 rings (SSSR count). The third-order valence-electron chi connectivity index (χ3n) is 3.49. The molecular weight excluding hydrogens is 406 g/mol. The summed E-state index contributed by atoms with van der Waals surface area (Å²) in [6.07, 6.45) is 0.991. The monoisotopic (exact) mass is 421 g/mol. The molecule has 0 saturated carbocycles. The Morgan fingerprint density at radius 1 is 1.03 bits per heavy atom. The molecule has 29 heavy (non-hydrogen) atoms. The zero-order valence-electron chi connectivity index (χ0n) is 14.7. The number of nitrogens with zero attached hydrogens (tertiary/aromatic N) is 3. The van der Waals surface area contributed by atoms with Gasteiger partial charge < -0.3 is 0 Å². The molecule has 0 bridgehead atoms. The number of nitro benzene ring substituents is 2. The lowest BCUT2D eigenvalue weighted by Gasteiger charge is -2.06. The summed E-state index contributed by atoms with van der Waals surface area (Å²) in [4.78, 5) is 31.6. The molecule has 2 N–H and O–H groups in total. The van der Waals surface area contributed by atoms with Gasteiger partial charge in [-0.2, -0.15) is 5.10 Å². The third-order valence-corrected chi connectivity index (χ3v) is 4.96. The van der Waals surface area contributed by atoms with Crippen LogP contribution in [0.5, 0.6) is 0 Å². The highest BCUT2D eigenvalue weighted by Gasteiger charge is 2.16. The van der Waals surface area contributed by atoms with Gasteiger partial charge in [0.1, 0.15) is 0 Å². The van der Waals surface area contributed by atoms with E-state index in [1.807, 2.05) is 0 Å². The van der Waals surface area contributed by atoms with E-state index >= 15 is 0 Å². The predicted molar refractivity (Wildman–Crippen MR) is 102 cm³/mol. The van der Waals surface area contributed by atoms with Gasteiger partial charge in [0.15, 0.2) is 0 Å². The smallest absolute Gasteiger partial charge is 0.270 e. The largest absolute Gasteiger partial charge is 0.273 e. The lowest BCUT2D eigenvalue weighted by Crippen LogP contribution is -2.29. The second-order valence-electron chi connectivity index (χ2n) is 5.54. The van der Waals surface area contributed by atoms with Crippen molar-refractivity contribution in [3.8, 4) is 0 Å². The molecule has 152 valence electrons. The van der Waals surface area contributed by atoms with Gasteiger partial charge in [-0.25, -0.2) is 18.6 Å². The number of amides is 1. The maximum atomic E-state index is 12.1. The maximum absolute atomic E-state index is 12.1. The van der Waals surface area contributed by atoms with Crippen LogP contribution >= 0.6 is 0 Å². The molecule has 1 amide bonds. The molecule has 0 aliphatic heterocycles. The van der Waals surface area contributed by atoms with Crippen molar-refractivity contribution in [3.05, 3.63) is 74.3 Å². The zero-order chi connectivity index (χ0) is 21.4. The lowest BCUT2D eigenvalue weighted by atomic mass is 10.2. The van der Waals surface area contributed by atoms with Gasteiger partial charge >= 0.3 is 0 Å². The predicted octanol–water partition coefficient (Wildman–Crippen LogP) is 1.32. The van der Waals surface area contributed by atoms with Crippen molar-refractivity contribution in [2.75, 3.05) is 6.54 Å². The van der Waals surface area contributed by atoms with Crippen LogP contribution < -0.4 is 10.1 Å². The average molecular weight is 421 g/mol. The van der Waals surface area contributed by atoms with Gasteiger partial charge in [-0.05, 0) is 12.1 Å². The van der Waals surface area contributed by atoms with E-state index < -0.39 is 25.8 Å². The van der Waals surface area contributed by atoms with Crippen LogP contribution in [0.3, 0.4) is 0 Å². The van der Waals surface area contributed by atoms with Gasteiger partial charge in [-0.15, -0.1) is 0 Å². The lowest BCUT2D eigenvalue weighted by molar-refractivity contribution is -0.385. The minimum atomic E-state index is -3.93. The summed E-state index contributed by atoms with van der Waals surface area (Å²) in [6, 6.07) is 9.90. The second kappa shape index (κ2) is 9.48. The first-order valence-corrected chi connectivity index (χ1v) is 9.48. The Kier molecular flexibility index (Phi) is 7.05. The van der Waals surface area contributed by atoms with Gasteiger partial charge in [-0.1, -0.05) is 12.1 Å². The van der Waals surface area contributed by atoms with E-state index in [1.54, 1.807) is 6.07 Å². The molecule has 0 aliphatic carbocycles. The van der Waals surface area contributed by atoms with E-state index in [4.69, 9.17) is 0 Å². The number of benzene rings is 2. The number of hydrazone groups is 1. The quantitative estimate of drug-likeness (QED) is 0.349. The Labute approximate surface area is 164 Å². The topological polar surface area (TPSA) is 174 Å². The SMILES string of the molecule is O=C(CCNS(=O)(=O)c1ccc([N+](=O)[O-])cc1)NN=Cc1cccc([N+](=O)[O-])c1. The van der Waals surface area contributed by atoms with Gasteiger partial charge in [0.05, 0.1) is 21.0 Å². The van der Waals surface area contributed by atoms with Crippen LogP contribution in [0.4, 0.5) is 11.4 Å². The Morgan fingerprint density at radius 2 is 1.69 bits per heavy atom. The number of hydrogen-bond acceptors (Lipinski definition) is 8. The van der Waals surface area contributed by atoms with Crippen molar-refractivity contribution in [2.24, 2.45) is 5.10 Å². The van der Waals surface area contributed by atoms with Crippen molar-refractivity contribution in [2.45, 2.75) is 11.3 Å². The first-order valence-electron chi connectivity index (χ1n) is 7.99. The Balaban J connectivity index is 1.83. The van der Waals surface area contributed by atoms with Crippen LogP contribution in [-0.4, -0.2) is 36.9 Å². The van der Waals surface area contributed by atoms with E-state index in [2.05, 4.69) is 15.2 Å². The molecule has 13 heteroatoms. The fourth-order valence-electron chi connectivity index (χ4n) is 2.08. The summed E-state index contributed by atoms with van der Waals surface area (Å²) in [5.41, 5.74) is 2.21. The summed E-state index contributed by atoms with van der Waals surface area (Å²) in [7, 11) is -3.93. The van der Waals surface area contributed by atoms with Crippen molar-refractivity contribution in [3.63, 3.8) is 0 Å². The van der Waals surface area contributed by atoms with Crippen LogP contribution in [0.25, 0.3) is 0 Å². The fraction of sp³-hybridized carbons (Fsp3) is 0.125. The Hall–Kier alpha value is -3.71. The van der Waals surface area contributed by atoms with Crippen LogP contribution in [0.1, 0.15) is 12.0 Å². The average Bonchev–Trinajstić information content (AvgIpc) is 2.68. The van der Waals surface area contributed by atoms with E-state index in [0.29, 0.717) is 5.56 Å². The van der Waals surface area contributed by atoms with Crippen LogP contribution in [0, 0.1) is 20.2 Å². The molecule has 0 radical (unpaired) electrons. The molecule has 0 atom stereocenters. The summed E-state index contributed by atoms with van der Waals surface area (Å²) in [5, 5.41) is 24.9. The number of rotatable bonds is 9. The number of carbonyl (C=O) groups excluding carboxylic acids is 1. The zero-order valence-corrected chi connectivity index (χ0v) is 15.5. The highest BCUT2D eigenvalue weighted by molar-refractivity contribution is 7.89. The van der Waals surface area contributed by atoms with Gasteiger partial charge in [0.25, 0.3) is 11.4 Å². The minimum Gasteiger partial charge on any atom is -0.273 e. The molecule has 0 spiro atoms. The number of nitro groups is 2. The molecule has 12 nitrogen and oxygen atoms in total. The highest BCUT2D eigenvalue weighted by Crippen LogP contribution is 2.15. The van der Waals surface area contributed by atoms with Crippen molar-refractivity contribution in [1.29, 1.82) is 0 Å². The number of carbonyl (C=O) groups is 1. The third kappa shape index (κ3) is 6.44. The number of sulfonamides is 1. The van der Waals surface area contributed by atoms with Gasteiger partial charge in [0, 0.05) is 42.8 Å². The Morgan fingerprint density at radius 3 is 2.31 bits per heavy atom. The first kappa shape index (κ1) is 21.6. The van der Waals surface area contributed by atoms with Gasteiger partial charge in [-0.3, -0.25) is 25.0 Å². The van der Waals surface area contributed by atoms with Crippen molar-refractivity contribution < 1.29 is 23.1 Å². The van der Waals surface area contributed by atoms with Crippen molar-refractivity contribution in [1.82, 2.24) is 10.1 Å². The summed E-state index contributed by atoms with van der Waals surface area (Å²) >= 11 is 0. The van der Waals surface area contributed by atoms with E-state index in [1.165, 1.54) is 24.4 Å². The summed E-state index contributed by atoms with van der Waals surface area (Å²) in [5.74, 6) is -0.585. The van der Waals surface area contributed by atoms with E-state index in [0.717, 1.165) is 24.3 Å². The fourth-order valence-corrected chi connectivity index (χ4v) is 3.11. The van der Waals surface area contributed by atoms with Crippen LogP contribution in [0.2, 0.25) is 0 Å². The molecule has 0 fully saturated rings. The molecule has 0 saturated heterocycles. The van der Waals surface area contributed by atoms with E-state index in [-0.39, 0.29) is 29.2 Å². The molecule has 0 aliphatic rings. The molecule has 0 unspecified atom stereocenters. The van der Waals surface area contributed by atoms with Crippen LogP contribution in [-0.2, 0) is 14.8 Å². The van der Waals surface area contributed by atoms with Gasteiger partial charge in [0.2, 0.25) is 15.9 Å². The Bertz CT molecular complexity index is 1050. The normalized spacial score (nSPS) is 11.3. The molecule has 0 aromatic heterocycles. The first-order chi connectivity index (χ1) is 13.7. The molecule has 2 aromatic rings. The number of hydrogen-bond donors (Lipinski definition) is 2.